The van der Waals surface area contributed by atoms with E-state index in [9.17, 15) is 22.4 Å². The van der Waals surface area contributed by atoms with Crippen molar-refractivity contribution in [3.05, 3.63) is 40.3 Å². The number of hydrogen-bond acceptors (Lipinski definition) is 3. The molecule has 1 heterocycles. The number of rotatable bonds is 0. The molecule has 0 bridgehead atoms. The highest BCUT2D eigenvalue weighted by molar-refractivity contribution is 5.76. The Hall–Kier alpha value is -1.92. The number of benzene rings is 1. The van der Waals surface area contributed by atoms with Crippen molar-refractivity contribution in [2.75, 3.05) is 0 Å². The molecule has 0 amide bonds. The van der Waals surface area contributed by atoms with Gasteiger partial charge in [-0.3, -0.25) is 0 Å². The minimum Gasteiger partial charge on any atom is -0.398 e. The van der Waals surface area contributed by atoms with Crippen LogP contribution < -0.4 is 5.63 Å². The van der Waals surface area contributed by atoms with Gasteiger partial charge >= 0.3 is 17.7 Å². The maximum atomic E-state index is 12.7. The summed E-state index contributed by atoms with van der Waals surface area (Å²) in [5.74, 6) is -2.46. The summed E-state index contributed by atoms with van der Waals surface area (Å²) in [5.41, 5.74) is -1.58. The molecule has 2 aromatic rings. The molecule has 0 radical (unpaired) electrons. The van der Waals surface area contributed by atoms with Crippen LogP contribution in [0.1, 0.15) is 5.89 Å². The van der Waals surface area contributed by atoms with E-state index in [0.717, 1.165) is 18.2 Å². The van der Waals surface area contributed by atoms with Crippen molar-refractivity contribution >= 4 is 10.9 Å². The van der Waals surface area contributed by atoms with Gasteiger partial charge in [0.05, 0.1) is 10.9 Å². The Bertz CT molecular complexity index is 602. The number of hydrogen-bond donors (Lipinski definition) is 0. The van der Waals surface area contributed by atoms with Crippen LogP contribution in [0.3, 0.4) is 0 Å². The molecule has 1 aromatic carbocycles. The van der Waals surface area contributed by atoms with Crippen LogP contribution in [0.5, 0.6) is 0 Å². The number of nitrogens with zero attached hydrogens (tertiary/aromatic N) is 1. The quantitative estimate of drug-likeness (QED) is 0.656. The Balaban J connectivity index is 2.80. The Morgan fingerprint density at radius 1 is 1.25 bits per heavy atom. The van der Waals surface area contributed by atoms with Gasteiger partial charge in [0, 0.05) is 6.07 Å². The van der Waals surface area contributed by atoms with Crippen molar-refractivity contribution < 1.29 is 22.0 Å². The van der Waals surface area contributed by atoms with Gasteiger partial charge in [-0.15, -0.1) is 0 Å². The summed E-state index contributed by atoms with van der Waals surface area (Å²) in [4.78, 5) is 14.2. The zero-order chi connectivity index (χ0) is 11.9. The summed E-state index contributed by atoms with van der Waals surface area (Å²) in [6.07, 6.45) is -4.88. The average Bonchev–Trinajstić information content (AvgIpc) is 2.15. The minimum atomic E-state index is -4.88. The highest BCUT2D eigenvalue weighted by Gasteiger charge is 2.37. The summed E-state index contributed by atoms with van der Waals surface area (Å²) in [5, 5.41) is -0.200. The lowest BCUT2D eigenvalue weighted by molar-refractivity contribution is -0.158. The molecule has 16 heavy (non-hydrogen) atoms. The van der Waals surface area contributed by atoms with Crippen LogP contribution in [0, 0.1) is 5.82 Å². The maximum absolute atomic E-state index is 12.7. The molecule has 0 unspecified atom stereocenters. The van der Waals surface area contributed by atoms with Gasteiger partial charge in [-0.2, -0.15) is 13.2 Å². The van der Waals surface area contributed by atoms with Crippen molar-refractivity contribution in [3.63, 3.8) is 0 Å². The highest BCUT2D eigenvalue weighted by atomic mass is 19.4. The predicted molar refractivity (Wildman–Crippen MR) is 45.2 cm³/mol. The standard InChI is InChI=1S/C9H3F4NO2/c10-4-1-2-5-6(3-4)14-8(9(11,12)13)16-7(5)15/h1-3H. The van der Waals surface area contributed by atoms with Crippen LogP contribution in [-0.2, 0) is 6.18 Å². The molecule has 0 N–H and O–H groups in total. The first kappa shape index (κ1) is 10.6. The topological polar surface area (TPSA) is 43.1 Å². The molecule has 0 saturated heterocycles. The number of alkyl halides is 3. The summed E-state index contributed by atoms with van der Waals surface area (Å²) in [7, 11) is 0. The molecule has 0 aliphatic rings. The van der Waals surface area contributed by atoms with Crippen LogP contribution in [0.15, 0.2) is 27.4 Å². The van der Waals surface area contributed by atoms with Gasteiger partial charge in [-0.1, -0.05) is 0 Å². The summed E-state index contributed by atoms with van der Waals surface area (Å²) < 4.78 is 53.3. The molecule has 0 atom stereocenters. The Morgan fingerprint density at radius 3 is 2.56 bits per heavy atom. The van der Waals surface area contributed by atoms with Crippen LogP contribution >= 0.6 is 0 Å². The molecule has 84 valence electrons. The lowest BCUT2D eigenvalue weighted by Gasteiger charge is -2.04. The second kappa shape index (κ2) is 3.29. The minimum absolute atomic E-state index is 0.200. The number of aromatic nitrogens is 1. The highest BCUT2D eigenvalue weighted by Crippen LogP contribution is 2.27. The van der Waals surface area contributed by atoms with Crippen LogP contribution in [-0.4, -0.2) is 4.98 Å². The molecule has 0 aliphatic heterocycles. The number of halogens is 4. The van der Waals surface area contributed by atoms with E-state index < -0.39 is 23.5 Å². The van der Waals surface area contributed by atoms with E-state index in [1.54, 1.807) is 0 Å². The smallest absolute Gasteiger partial charge is 0.398 e. The molecule has 3 nitrogen and oxygen atoms in total. The molecular formula is C9H3F4NO2. The van der Waals surface area contributed by atoms with Crippen molar-refractivity contribution in [1.29, 1.82) is 0 Å². The predicted octanol–water partition coefficient (Wildman–Crippen LogP) is 2.35. The fourth-order valence-electron chi connectivity index (χ4n) is 1.17. The Morgan fingerprint density at radius 2 is 1.94 bits per heavy atom. The second-order valence-electron chi connectivity index (χ2n) is 2.97. The lowest BCUT2D eigenvalue weighted by atomic mass is 10.2. The summed E-state index contributed by atoms with van der Waals surface area (Å²) in [6, 6.07) is 2.69. The molecule has 0 spiro atoms. The van der Waals surface area contributed by atoms with E-state index in [1.165, 1.54) is 0 Å². The molecule has 0 aliphatic carbocycles. The van der Waals surface area contributed by atoms with Crippen molar-refractivity contribution in [3.8, 4) is 0 Å². The molecule has 0 saturated carbocycles. The van der Waals surface area contributed by atoms with Gasteiger partial charge in [-0.05, 0) is 12.1 Å². The van der Waals surface area contributed by atoms with Gasteiger partial charge in [0.2, 0.25) is 0 Å². The van der Waals surface area contributed by atoms with E-state index >= 15 is 0 Å². The summed E-state index contributed by atoms with van der Waals surface area (Å²) >= 11 is 0. The summed E-state index contributed by atoms with van der Waals surface area (Å²) in [6.45, 7) is 0. The fourth-order valence-corrected chi connectivity index (χ4v) is 1.17. The maximum Gasteiger partial charge on any atom is 0.469 e. The van der Waals surface area contributed by atoms with Gasteiger partial charge < -0.3 is 4.42 Å². The van der Waals surface area contributed by atoms with Crippen LogP contribution in [0.2, 0.25) is 0 Å². The normalized spacial score (nSPS) is 12.0. The Labute approximate surface area is 85.3 Å². The van der Waals surface area contributed by atoms with Crippen molar-refractivity contribution in [2.45, 2.75) is 6.18 Å². The first-order chi connectivity index (χ1) is 7.38. The monoisotopic (exact) mass is 233 g/mol. The van der Waals surface area contributed by atoms with Crippen LogP contribution in [0.4, 0.5) is 17.6 Å². The first-order valence-electron chi connectivity index (χ1n) is 4.05. The van der Waals surface area contributed by atoms with Crippen molar-refractivity contribution in [1.82, 2.24) is 4.98 Å². The van der Waals surface area contributed by atoms with Gasteiger partial charge in [0.1, 0.15) is 5.82 Å². The third-order valence-electron chi connectivity index (χ3n) is 1.83. The average molecular weight is 233 g/mol. The zero-order valence-electron chi connectivity index (χ0n) is 7.51. The third kappa shape index (κ3) is 1.75. The van der Waals surface area contributed by atoms with Gasteiger partial charge in [0.15, 0.2) is 0 Å². The van der Waals surface area contributed by atoms with Gasteiger partial charge in [-0.25, -0.2) is 14.2 Å². The Kier molecular flexibility index (Phi) is 2.18. The molecule has 0 fully saturated rings. The van der Waals surface area contributed by atoms with E-state index in [0.29, 0.717) is 0 Å². The second-order valence-corrected chi connectivity index (χ2v) is 2.97. The van der Waals surface area contributed by atoms with Crippen LogP contribution in [0.25, 0.3) is 10.9 Å². The van der Waals surface area contributed by atoms with E-state index in [1.807, 2.05) is 0 Å². The first-order valence-corrected chi connectivity index (χ1v) is 4.05. The van der Waals surface area contributed by atoms with Crippen molar-refractivity contribution in [2.24, 2.45) is 0 Å². The number of fused-ring (bicyclic) bond motifs is 1. The van der Waals surface area contributed by atoms with Gasteiger partial charge in [0.25, 0.3) is 0 Å². The molecular weight excluding hydrogens is 230 g/mol. The van der Waals surface area contributed by atoms with E-state index in [-0.39, 0.29) is 10.9 Å². The molecule has 1 aromatic heterocycles. The zero-order valence-corrected chi connectivity index (χ0v) is 7.51. The lowest BCUT2D eigenvalue weighted by Crippen LogP contribution is -2.13. The molecule has 2 rings (SSSR count). The SMILES string of the molecule is O=c1oc(C(F)(F)F)nc2cc(F)ccc12. The van der Waals surface area contributed by atoms with E-state index in [4.69, 9.17) is 0 Å². The van der Waals surface area contributed by atoms with E-state index in [2.05, 4.69) is 9.40 Å². The largest absolute Gasteiger partial charge is 0.469 e. The molecule has 7 heteroatoms. The third-order valence-corrected chi connectivity index (χ3v) is 1.83. The fraction of sp³-hybridized carbons (Fsp3) is 0.111.